The minimum absolute atomic E-state index is 0.122. The summed E-state index contributed by atoms with van der Waals surface area (Å²) in [6, 6.07) is 10.3. The Bertz CT molecular complexity index is 709. The van der Waals surface area contributed by atoms with Gasteiger partial charge in [-0.1, -0.05) is 30.3 Å². The minimum Gasteiger partial charge on any atom is -0.350 e. The normalized spacial score (nSPS) is 16.6. The van der Waals surface area contributed by atoms with Crippen LogP contribution >= 0.6 is 0 Å². The van der Waals surface area contributed by atoms with E-state index in [1.165, 1.54) is 0 Å². The summed E-state index contributed by atoms with van der Waals surface area (Å²) in [6.07, 6.45) is 6.20. The maximum absolute atomic E-state index is 12.1. The molecule has 2 aromatic rings. The molecule has 1 saturated heterocycles. The van der Waals surface area contributed by atoms with E-state index in [0.29, 0.717) is 12.5 Å². The lowest BCUT2D eigenvalue weighted by Crippen LogP contribution is -2.47. The van der Waals surface area contributed by atoms with E-state index >= 15 is 0 Å². The fourth-order valence-electron chi connectivity index (χ4n) is 3.57. The number of carbonyl (C=O) groups excluding carboxylic acids is 1. The predicted molar refractivity (Wildman–Crippen MR) is 105 cm³/mol. The molecule has 0 unspecified atom stereocenters. The molecule has 0 atom stereocenters. The summed E-state index contributed by atoms with van der Waals surface area (Å²) in [5.41, 5.74) is 0.999. The van der Waals surface area contributed by atoms with Crippen molar-refractivity contribution in [2.45, 2.75) is 45.7 Å². The van der Waals surface area contributed by atoms with Crippen molar-refractivity contribution in [3.63, 3.8) is 0 Å². The van der Waals surface area contributed by atoms with Gasteiger partial charge in [-0.15, -0.1) is 0 Å². The quantitative estimate of drug-likeness (QED) is 0.897. The molecule has 1 fully saturated rings. The summed E-state index contributed by atoms with van der Waals surface area (Å²) in [5.74, 6) is 1.79. The zero-order valence-electron chi connectivity index (χ0n) is 16.1. The van der Waals surface area contributed by atoms with Crippen LogP contribution in [0.5, 0.6) is 0 Å². The highest BCUT2D eigenvalue weighted by Crippen LogP contribution is 2.23. The largest absolute Gasteiger partial charge is 0.350 e. The molecule has 1 aromatic carbocycles. The molecule has 0 aliphatic carbocycles. The summed E-state index contributed by atoms with van der Waals surface area (Å²) in [7, 11) is 0. The monoisotopic (exact) mass is 354 g/mol. The molecular formula is C21H30N4O. The van der Waals surface area contributed by atoms with Crippen molar-refractivity contribution in [1.29, 1.82) is 0 Å². The molecule has 1 amide bonds. The van der Waals surface area contributed by atoms with E-state index in [1.54, 1.807) is 0 Å². The maximum atomic E-state index is 12.1. The van der Waals surface area contributed by atoms with Gasteiger partial charge >= 0.3 is 0 Å². The Kier molecular flexibility index (Phi) is 5.77. The van der Waals surface area contributed by atoms with Gasteiger partial charge in [-0.05, 0) is 52.6 Å². The van der Waals surface area contributed by atoms with Gasteiger partial charge in [0.05, 0.1) is 6.54 Å². The van der Waals surface area contributed by atoms with Crippen LogP contribution in [0.25, 0.3) is 11.4 Å². The second kappa shape index (κ2) is 8.04. The van der Waals surface area contributed by atoms with Crippen LogP contribution in [0.3, 0.4) is 0 Å². The molecule has 5 nitrogen and oxygen atoms in total. The molecule has 0 saturated carbocycles. The van der Waals surface area contributed by atoms with Crippen molar-refractivity contribution < 1.29 is 4.79 Å². The highest BCUT2D eigenvalue weighted by molar-refractivity contribution is 5.78. The number of aromatic nitrogens is 2. The van der Waals surface area contributed by atoms with E-state index in [2.05, 4.69) is 50.2 Å². The van der Waals surface area contributed by atoms with E-state index in [-0.39, 0.29) is 11.4 Å². The highest BCUT2D eigenvalue weighted by atomic mass is 16.2. The number of amides is 1. The van der Waals surface area contributed by atoms with E-state index < -0.39 is 0 Å². The van der Waals surface area contributed by atoms with Crippen molar-refractivity contribution in [3.05, 3.63) is 42.7 Å². The lowest BCUT2D eigenvalue weighted by atomic mass is 9.96. The Balaban J connectivity index is 1.51. The third kappa shape index (κ3) is 5.18. The van der Waals surface area contributed by atoms with Gasteiger partial charge in [0.2, 0.25) is 5.91 Å². The second-order valence-corrected chi connectivity index (χ2v) is 8.29. The van der Waals surface area contributed by atoms with Crippen molar-refractivity contribution in [2.75, 3.05) is 19.6 Å². The van der Waals surface area contributed by atoms with Gasteiger partial charge in [-0.2, -0.15) is 0 Å². The van der Waals surface area contributed by atoms with Crippen LogP contribution in [0, 0.1) is 5.92 Å². The number of hydrogen-bond acceptors (Lipinski definition) is 3. The number of hydrogen-bond donors (Lipinski definition) is 1. The molecule has 26 heavy (non-hydrogen) atoms. The summed E-state index contributed by atoms with van der Waals surface area (Å²) < 4.78 is 2.27. The first-order valence-electron chi connectivity index (χ1n) is 9.50. The fraction of sp³-hybridized carbons (Fsp3) is 0.524. The SMILES string of the molecule is CC(C)(C)NC(=O)CN1CCC(Cn2ccnc2-c2ccccc2)CC1. The van der Waals surface area contributed by atoms with Crippen LogP contribution in [0.4, 0.5) is 0 Å². The van der Waals surface area contributed by atoms with Crippen molar-refractivity contribution in [3.8, 4) is 11.4 Å². The van der Waals surface area contributed by atoms with Gasteiger partial charge < -0.3 is 9.88 Å². The first-order chi connectivity index (χ1) is 12.4. The Labute approximate surface area is 156 Å². The Morgan fingerprint density at radius 1 is 1.19 bits per heavy atom. The smallest absolute Gasteiger partial charge is 0.234 e. The number of likely N-dealkylation sites (tertiary alicyclic amines) is 1. The predicted octanol–water partition coefficient (Wildman–Crippen LogP) is 3.18. The van der Waals surface area contributed by atoms with Crippen LogP contribution in [-0.4, -0.2) is 45.5 Å². The third-order valence-corrected chi connectivity index (χ3v) is 4.79. The maximum Gasteiger partial charge on any atom is 0.234 e. The second-order valence-electron chi connectivity index (χ2n) is 8.29. The van der Waals surface area contributed by atoms with Gasteiger partial charge in [0.1, 0.15) is 5.82 Å². The van der Waals surface area contributed by atoms with Crippen LogP contribution in [0.2, 0.25) is 0 Å². The molecule has 2 heterocycles. The fourth-order valence-corrected chi connectivity index (χ4v) is 3.57. The van der Waals surface area contributed by atoms with Gasteiger partial charge in [0.25, 0.3) is 0 Å². The number of nitrogens with zero attached hydrogens (tertiary/aromatic N) is 3. The molecule has 0 spiro atoms. The van der Waals surface area contributed by atoms with Crippen molar-refractivity contribution >= 4 is 5.91 Å². The summed E-state index contributed by atoms with van der Waals surface area (Å²) in [4.78, 5) is 18.9. The van der Waals surface area contributed by atoms with E-state index in [1.807, 2.05) is 33.0 Å². The third-order valence-electron chi connectivity index (χ3n) is 4.79. The van der Waals surface area contributed by atoms with E-state index in [9.17, 15) is 4.79 Å². The lowest BCUT2D eigenvalue weighted by molar-refractivity contribution is -0.124. The molecule has 1 aliphatic heterocycles. The van der Waals surface area contributed by atoms with Gasteiger partial charge in [-0.3, -0.25) is 9.69 Å². The van der Waals surface area contributed by atoms with E-state index in [0.717, 1.165) is 43.9 Å². The Morgan fingerprint density at radius 2 is 1.88 bits per heavy atom. The average Bonchev–Trinajstić information content (AvgIpc) is 3.04. The van der Waals surface area contributed by atoms with Gasteiger partial charge in [0, 0.05) is 30.0 Å². The van der Waals surface area contributed by atoms with Crippen LogP contribution in [0.15, 0.2) is 42.7 Å². The zero-order valence-corrected chi connectivity index (χ0v) is 16.1. The lowest BCUT2D eigenvalue weighted by Gasteiger charge is -2.32. The molecule has 1 aliphatic rings. The summed E-state index contributed by atoms with van der Waals surface area (Å²) >= 11 is 0. The Morgan fingerprint density at radius 3 is 2.54 bits per heavy atom. The minimum atomic E-state index is -0.162. The molecule has 1 N–H and O–H groups in total. The molecule has 0 bridgehead atoms. The number of carbonyl (C=O) groups is 1. The Hall–Kier alpha value is -2.14. The van der Waals surface area contributed by atoms with Crippen LogP contribution in [-0.2, 0) is 11.3 Å². The highest BCUT2D eigenvalue weighted by Gasteiger charge is 2.23. The molecule has 0 radical (unpaired) electrons. The summed E-state index contributed by atoms with van der Waals surface area (Å²) in [5, 5.41) is 3.05. The summed E-state index contributed by atoms with van der Waals surface area (Å²) in [6.45, 7) is 9.53. The first kappa shape index (κ1) is 18.6. The number of benzene rings is 1. The van der Waals surface area contributed by atoms with Crippen molar-refractivity contribution in [1.82, 2.24) is 19.8 Å². The van der Waals surface area contributed by atoms with Crippen LogP contribution < -0.4 is 5.32 Å². The zero-order chi connectivity index (χ0) is 18.6. The number of imidazole rings is 1. The number of piperidine rings is 1. The number of rotatable bonds is 5. The van der Waals surface area contributed by atoms with Crippen LogP contribution in [0.1, 0.15) is 33.6 Å². The molecule has 140 valence electrons. The van der Waals surface area contributed by atoms with E-state index in [4.69, 9.17) is 0 Å². The average molecular weight is 354 g/mol. The topological polar surface area (TPSA) is 50.2 Å². The number of nitrogens with one attached hydrogen (secondary N) is 1. The standard InChI is InChI=1S/C21H30N4O/c1-21(2,3)23-19(26)16-24-12-9-17(10-13-24)15-25-14-11-22-20(25)18-7-5-4-6-8-18/h4-8,11,14,17H,9-10,12-13,15-16H2,1-3H3,(H,23,26). The van der Waals surface area contributed by atoms with Gasteiger partial charge in [0.15, 0.2) is 0 Å². The molecule has 1 aromatic heterocycles. The molecular weight excluding hydrogens is 324 g/mol. The molecule has 5 heteroatoms. The first-order valence-corrected chi connectivity index (χ1v) is 9.50. The molecule has 3 rings (SSSR count). The van der Waals surface area contributed by atoms with Crippen molar-refractivity contribution in [2.24, 2.45) is 5.92 Å². The van der Waals surface area contributed by atoms with Gasteiger partial charge in [-0.25, -0.2) is 4.98 Å².